The van der Waals surface area contributed by atoms with Crippen LogP contribution in [0.5, 0.6) is 0 Å². The molecule has 1 N–H and O–H groups in total. The molecule has 0 aliphatic heterocycles. The number of aromatic nitrogens is 5. The molecule has 0 spiro atoms. The number of nitrogens with zero attached hydrogens (tertiary/aromatic N) is 5. The fraction of sp³-hybridized carbons (Fsp3) is 0.150. The largest absolute Gasteiger partial charge is 0.345 e. The average Bonchev–Trinajstić information content (AvgIpc) is 3.14. The van der Waals surface area contributed by atoms with Gasteiger partial charge in [0.2, 0.25) is 5.91 Å². The maximum absolute atomic E-state index is 14.0. The molecule has 0 unspecified atom stereocenters. The highest BCUT2D eigenvalue weighted by Crippen LogP contribution is 2.19. The number of pyridine rings is 1. The van der Waals surface area contributed by atoms with E-state index < -0.39 is 23.3 Å². The van der Waals surface area contributed by atoms with Crippen LogP contribution in [-0.4, -0.2) is 30.3 Å². The van der Waals surface area contributed by atoms with Crippen LogP contribution in [0.3, 0.4) is 0 Å². The van der Waals surface area contributed by atoms with Gasteiger partial charge in [0.1, 0.15) is 12.4 Å². The summed E-state index contributed by atoms with van der Waals surface area (Å²) in [5, 5.41) is 15.1. The molecule has 4 rings (SSSR count). The minimum Gasteiger partial charge on any atom is -0.345 e. The van der Waals surface area contributed by atoms with Gasteiger partial charge in [-0.1, -0.05) is 18.2 Å². The number of halogens is 1. The summed E-state index contributed by atoms with van der Waals surface area (Å²) in [5.41, 5.74) is 0.733. The Morgan fingerprint density at radius 3 is 2.72 bits per heavy atom. The van der Waals surface area contributed by atoms with Crippen molar-refractivity contribution >= 4 is 11.6 Å². The zero-order chi connectivity index (χ0) is 20.4. The predicted octanol–water partition coefficient (Wildman–Crippen LogP) is 1.97. The molecule has 3 aromatic heterocycles. The SMILES string of the molecule is C[C@@H](NC(=O)Cn1nc(-c2ccccc2F)ccc1=O)c1nnc2ccccn12. The highest BCUT2D eigenvalue weighted by atomic mass is 19.1. The molecule has 0 radical (unpaired) electrons. The molecule has 1 aromatic carbocycles. The summed E-state index contributed by atoms with van der Waals surface area (Å²) < 4.78 is 16.8. The van der Waals surface area contributed by atoms with Crippen LogP contribution in [0, 0.1) is 5.82 Å². The summed E-state index contributed by atoms with van der Waals surface area (Å²) in [5.74, 6) is -0.318. The summed E-state index contributed by atoms with van der Waals surface area (Å²) in [6.45, 7) is 1.47. The van der Waals surface area contributed by atoms with Crippen LogP contribution in [0.2, 0.25) is 0 Å². The van der Waals surface area contributed by atoms with E-state index in [9.17, 15) is 14.0 Å². The number of hydrogen-bond donors (Lipinski definition) is 1. The molecule has 0 saturated carbocycles. The molecule has 3 heterocycles. The first kappa shape index (κ1) is 18.5. The normalized spacial score (nSPS) is 12.1. The molecule has 29 heavy (non-hydrogen) atoms. The van der Waals surface area contributed by atoms with Crippen molar-refractivity contribution in [2.75, 3.05) is 0 Å². The fourth-order valence-electron chi connectivity index (χ4n) is 3.02. The van der Waals surface area contributed by atoms with Crippen LogP contribution in [0.15, 0.2) is 65.6 Å². The summed E-state index contributed by atoms with van der Waals surface area (Å²) in [4.78, 5) is 24.6. The van der Waals surface area contributed by atoms with E-state index in [0.29, 0.717) is 11.5 Å². The maximum Gasteiger partial charge on any atom is 0.267 e. The molecule has 0 aliphatic carbocycles. The second-order valence-corrected chi connectivity index (χ2v) is 6.47. The van der Waals surface area contributed by atoms with Crippen LogP contribution in [0.1, 0.15) is 18.8 Å². The third-order valence-electron chi connectivity index (χ3n) is 4.41. The van der Waals surface area contributed by atoms with Gasteiger partial charge in [-0.15, -0.1) is 10.2 Å². The molecular weight excluding hydrogens is 375 g/mol. The van der Waals surface area contributed by atoms with Gasteiger partial charge in [0.25, 0.3) is 5.56 Å². The lowest BCUT2D eigenvalue weighted by Crippen LogP contribution is -2.35. The van der Waals surface area contributed by atoms with E-state index >= 15 is 0 Å². The molecule has 8 nitrogen and oxygen atoms in total. The quantitative estimate of drug-likeness (QED) is 0.560. The van der Waals surface area contributed by atoms with E-state index in [4.69, 9.17) is 0 Å². The third kappa shape index (κ3) is 3.75. The molecule has 0 saturated heterocycles. The Morgan fingerprint density at radius 1 is 1.10 bits per heavy atom. The van der Waals surface area contributed by atoms with Crippen molar-refractivity contribution in [3.63, 3.8) is 0 Å². The lowest BCUT2D eigenvalue weighted by atomic mass is 10.1. The zero-order valence-corrected chi connectivity index (χ0v) is 15.5. The Morgan fingerprint density at radius 2 is 1.90 bits per heavy atom. The molecule has 0 aliphatic rings. The van der Waals surface area contributed by atoms with Gasteiger partial charge in [0.15, 0.2) is 11.5 Å². The maximum atomic E-state index is 14.0. The van der Waals surface area contributed by atoms with Crippen molar-refractivity contribution in [3.8, 4) is 11.3 Å². The Bertz CT molecular complexity index is 1250. The van der Waals surface area contributed by atoms with Crippen molar-refractivity contribution in [3.05, 3.63) is 82.8 Å². The van der Waals surface area contributed by atoms with Crippen LogP contribution >= 0.6 is 0 Å². The van der Waals surface area contributed by atoms with Crippen molar-refractivity contribution in [2.24, 2.45) is 0 Å². The van der Waals surface area contributed by atoms with Crippen molar-refractivity contribution in [2.45, 2.75) is 19.5 Å². The van der Waals surface area contributed by atoms with E-state index in [1.165, 1.54) is 18.2 Å². The topological polar surface area (TPSA) is 94.2 Å². The Hall–Kier alpha value is -3.88. The monoisotopic (exact) mass is 392 g/mol. The van der Waals surface area contributed by atoms with E-state index in [2.05, 4.69) is 20.6 Å². The Labute approximate surface area is 164 Å². The fourth-order valence-corrected chi connectivity index (χ4v) is 3.02. The van der Waals surface area contributed by atoms with Crippen molar-refractivity contribution in [1.29, 1.82) is 0 Å². The third-order valence-corrected chi connectivity index (χ3v) is 4.41. The van der Waals surface area contributed by atoms with Crippen LogP contribution in [0.4, 0.5) is 4.39 Å². The molecule has 4 aromatic rings. The second kappa shape index (κ2) is 7.63. The van der Waals surface area contributed by atoms with Crippen LogP contribution in [0.25, 0.3) is 16.9 Å². The van der Waals surface area contributed by atoms with Crippen molar-refractivity contribution < 1.29 is 9.18 Å². The molecular formula is C20H17FN6O2. The van der Waals surface area contributed by atoms with E-state index in [1.54, 1.807) is 35.7 Å². The number of fused-ring (bicyclic) bond motifs is 1. The first-order chi connectivity index (χ1) is 14.0. The molecule has 9 heteroatoms. The van der Waals surface area contributed by atoms with E-state index in [1.807, 2.05) is 18.2 Å². The number of rotatable bonds is 5. The highest BCUT2D eigenvalue weighted by molar-refractivity contribution is 5.76. The lowest BCUT2D eigenvalue weighted by Gasteiger charge is -2.13. The van der Waals surface area contributed by atoms with Gasteiger partial charge < -0.3 is 5.32 Å². The molecule has 146 valence electrons. The molecule has 1 amide bonds. The van der Waals surface area contributed by atoms with Crippen LogP contribution in [-0.2, 0) is 11.3 Å². The number of carbonyl (C=O) groups excluding carboxylic acids is 1. The summed E-state index contributed by atoms with van der Waals surface area (Å²) in [6, 6.07) is 13.9. The number of amides is 1. The smallest absolute Gasteiger partial charge is 0.267 e. The summed E-state index contributed by atoms with van der Waals surface area (Å²) in [7, 11) is 0. The number of carbonyl (C=O) groups is 1. The summed E-state index contributed by atoms with van der Waals surface area (Å²) >= 11 is 0. The first-order valence-corrected chi connectivity index (χ1v) is 8.95. The van der Waals surface area contributed by atoms with Gasteiger partial charge in [0.05, 0.1) is 11.7 Å². The standard InChI is InChI=1S/C20H17FN6O2/c1-13(20-24-23-17-8-4-5-11-26(17)20)22-18(28)12-27-19(29)10-9-16(25-27)14-6-2-3-7-15(14)21/h2-11,13H,12H2,1H3,(H,22,28)/t13-/m1/s1. The van der Waals surface area contributed by atoms with E-state index in [-0.39, 0.29) is 17.8 Å². The lowest BCUT2D eigenvalue weighted by molar-refractivity contribution is -0.122. The van der Waals surface area contributed by atoms with E-state index in [0.717, 1.165) is 4.68 Å². The highest BCUT2D eigenvalue weighted by Gasteiger charge is 2.17. The second-order valence-electron chi connectivity index (χ2n) is 6.47. The molecule has 0 fully saturated rings. The van der Waals surface area contributed by atoms with Crippen molar-refractivity contribution in [1.82, 2.24) is 29.7 Å². The van der Waals surface area contributed by atoms with Gasteiger partial charge in [-0.25, -0.2) is 9.07 Å². The minimum absolute atomic E-state index is 0.255. The van der Waals surface area contributed by atoms with Gasteiger partial charge in [-0.3, -0.25) is 14.0 Å². The van der Waals surface area contributed by atoms with Gasteiger partial charge in [0, 0.05) is 17.8 Å². The number of nitrogens with one attached hydrogen (secondary N) is 1. The Kier molecular flexibility index (Phi) is 4.86. The molecule has 0 bridgehead atoms. The zero-order valence-electron chi connectivity index (χ0n) is 15.5. The molecule has 1 atom stereocenters. The average molecular weight is 392 g/mol. The number of benzene rings is 1. The van der Waals surface area contributed by atoms with Crippen LogP contribution < -0.4 is 10.9 Å². The first-order valence-electron chi connectivity index (χ1n) is 8.95. The Balaban J connectivity index is 1.53. The van der Waals surface area contributed by atoms with Gasteiger partial charge >= 0.3 is 0 Å². The number of hydrogen-bond acceptors (Lipinski definition) is 5. The van der Waals surface area contributed by atoms with Gasteiger partial charge in [-0.05, 0) is 37.3 Å². The predicted molar refractivity (Wildman–Crippen MR) is 103 cm³/mol. The summed E-state index contributed by atoms with van der Waals surface area (Å²) in [6.07, 6.45) is 1.80. The minimum atomic E-state index is -0.458. The van der Waals surface area contributed by atoms with Gasteiger partial charge in [-0.2, -0.15) is 5.10 Å².